The Morgan fingerprint density at radius 3 is 2.68 bits per heavy atom. The van der Waals surface area contributed by atoms with E-state index in [1.807, 2.05) is 0 Å². The third-order valence-electron chi connectivity index (χ3n) is 5.54. The molecule has 1 unspecified atom stereocenters. The van der Waals surface area contributed by atoms with Crippen LogP contribution in [0.4, 0.5) is 5.69 Å². The van der Waals surface area contributed by atoms with E-state index in [1.165, 1.54) is 35.1 Å². The Balaban J connectivity index is 1.39. The van der Waals surface area contributed by atoms with Crippen LogP contribution in [-0.4, -0.2) is 12.5 Å². The molecule has 25 heavy (non-hydrogen) atoms. The predicted molar refractivity (Wildman–Crippen MR) is 102 cm³/mol. The summed E-state index contributed by atoms with van der Waals surface area (Å²) in [6, 6.07) is 15.1. The average molecular weight is 334 g/mol. The minimum atomic E-state index is 0.0788. The summed E-state index contributed by atoms with van der Waals surface area (Å²) in [5, 5.41) is 6.60. The van der Waals surface area contributed by atoms with Crippen LogP contribution in [0.3, 0.4) is 0 Å². The molecule has 130 valence electrons. The molecule has 0 aliphatic heterocycles. The van der Waals surface area contributed by atoms with E-state index in [0.29, 0.717) is 6.54 Å². The molecular formula is C22H26N2O. The normalized spacial score (nSPS) is 18.8. The monoisotopic (exact) mass is 334 g/mol. The minimum absolute atomic E-state index is 0.0788. The molecule has 3 nitrogen and oxygen atoms in total. The number of nitrogens with one attached hydrogen (secondary N) is 2. The topological polar surface area (TPSA) is 41.1 Å². The van der Waals surface area contributed by atoms with E-state index >= 15 is 0 Å². The average Bonchev–Trinajstić information content (AvgIpc) is 2.66. The van der Waals surface area contributed by atoms with Gasteiger partial charge in [-0.25, -0.2) is 0 Å². The molecular weight excluding hydrogens is 308 g/mol. The molecule has 3 heteroatoms. The van der Waals surface area contributed by atoms with E-state index in [0.717, 1.165) is 37.8 Å². The van der Waals surface area contributed by atoms with Gasteiger partial charge >= 0.3 is 0 Å². The van der Waals surface area contributed by atoms with Gasteiger partial charge in [0.15, 0.2) is 0 Å². The summed E-state index contributed by atoms with van der Waals surface area (Å²) in [5.74, 6) is 0.0788. The van der Waals surface area contributed by atoms with E-state index in [4.69, 9.17) is 0 Å². The fourth-order valence-electron chi connectivity index (χ4n) is 4.27. The summed E-state index contributed by atoms with van der Waals surface area (Å²) in [4.78, 5) is 12.5. The highest BCUT2D eigenvalue weighted by atomic mass is 16.1. The van der Waals surface area contributed by atoms with Crippen molar-refractivity contribution in [1.29, 1.82) is 0 Å². The Labute approximate surface area is 149 Å². The number of fused-ring (bicyclic) bond motifs is 2. The van der Waals surface area contributed by atoms with Crippen molar-refractivity contribution in [2.45, 2.75) is 51.0 Å². The molecule has 0 spiro atoms. The first kappa shape index (κ1) is 16.2. The molecule has 1 atom stereocenters. The van der Waals surface area contributed by atoms with Gasteiger partial charge in [0.1, 0.15) is 0 Å². The van der Waals surface area contributed by atoms with Crippen LogP contribution in [0.25, 0.3) is 0 Å². The smallest absolute Gasteiger partial charge is 0.239 e. The van der Waals surface area contributed by atoms with Gasteiger partial charge in [-0.05, 0) is 73.3 Å². The second-order valence-corrected chi connectivity index (χ2v) is 7.22. The summed E-state index contributed by atoms with van der Waals surface area (Å²) >= 11 is 0. The first-order chi connectivity index (χ1) is 12.3. The largest absolute Gasteiger partial charge is 0.376 e. The van der Waals surface area contributed by atoms with Crippen molar-refractivity contribution >= 4 is 11.6 Å². The van der Waals surface area contributed by atoms with Crippen molar-refractivity contribution < 1.29 is 4.79 Å². The lowest BCUT2D eigenvalue weighted by atomic mass is 9.88. The molecule has 0 heterocycles. The van der Waals surface area contributed by atoms with Gasteiger partial charge in [-0.15, -0.1) is 0 Å². The van der Waals surface area contributed by atoms with Crippen molar-refractivity contribution in [2.75, 3.05) is 11.9 Å². The standard InChI is InChI=1S/C22H26N2O/c25-22(24-21-14-6-10-17-8-2-4-12-19(17)21)15-23-20-13-5-9-16-7-1-3-11-18(16)20/h2,4-5,8-9,12-13,21,23H,1,3,6-7,10-11,14-15H2,(H,24,25). The predicted octanol–water partition coefficient (Wildman–Crippen LogP) is 4.17. The van der Waals surface area contributed by atoms with E-state index in [9.17, 15) is 4.79 Å². The zero-order valence-electron chi connectivity index (χ0n) is 14.7. The Hall–Kier alpha value is -2.29. The molecule has 1 amide bonds. The molecule has 0 aromatic heterocycles. The third-order valence-corrected chi connectivity index (χ3v) is 5.54. The first-order valence-electron chi connectivity index (χ1n) is 9.53. The highest BCUT2D eigenvalue weighted by Crippen LogP contribution is 2.30. The summed E-state index contributed by atoms with van der Waals surface area (Å²) in [6.45, 7) is 0.342. The summed E-state index contributed by atoms with van der Waals surface area (Å²) in [7, 11) is 0. The van der Waals surface area contributed by atoms with Crippen molar-refractivity contribution in [1.82, 2.24) is 5.32 Å². The third kappa shape index (κ3) is 3.55. The van der Waals surface area contributed by atoms with Gasteiger partial charge in [0.05, 0.1) is 12.6 Å². The Bertz CT molecular complexity index is 768. The van der Waals surface area contributed by atoms with Gasteiger partial charge in [0.25, 0.3) is 0 Å². The Kier molecular flexibility index (Phi) is 4.73. The molecule has 2 aromatic rings. The van der Waals surface area contributed by atoms with Gasteiger partial charge in [-0.3, -0.25) is 4.79 Å². The first-order valence-corrected chi connectivity index (χ1v) is 9.53. The number of benzene rings is 2. The fraction of sp³-hybridized carbons (Fsp3) is 0.409. The number of rotatable bonds is 4. The van der Waals surface area contributed by atoms with Gasteiger partial charge in [0, 0.05) is 5.69 Å². The molecule has 0 saturated heterocycles. The van der Waals surface area contributed by atoms with Gasteiger partial charge in [-0.1, -0.05) is 36.4 Å². The quantitative estimate of drug-likeness (QED) is 0.881. The van der Waals surface area contributed by atoms with Gasteiger partial charge in [0.2, 0.25) is 5.91 Å². The van der Waals surface area contributed by atoms with Gasteiger partial charge < -0.3 is 10.6 Å². The van der Waals surface area contributed by atoms with Crippen LogP contribution in [0.1, 0.15) is 54.0 Å². The lowest BCUT2D eigenvalue weighted by molar-refractivity contribution is -0.120. The second kappa shape index (κ2) is 7.30. The van der Waals surface area contributed by atoms with Crippen LogP contribution in [0.2, 0.25) is 0 Å². The molecule has 0 fully saturated rings. The molecule has 2 aliphatic carbocycles. The molecule has 0 bridgehead atoms. The number of hydrogen-bond acceptors (Lipinski definition) is 2. The second-order valence-electron chi connectivity index (χ2n) is 7.22. The SMILES string of the molecule is O=C(CNc1cccc2c1CCCC2)NC1CCCc2ccccc21. The maximum absolute atomic E-state index is 12.5. The molecule has 0 radical (unpaired) electrons. The summed E-state index contributed by atoms with van der Waals surface area (Å²) in [5.41, 5.74) is 6.65. The van der Waals surface area contributed by atoms with Crippen molar-refractivity contribution in [3.63, 3.8) is 0 Å². The molecule has 0 saturated carbocycles. The maximum atomic E-state index is 12.5. The Morgan fingerprint density at radius 2 is 1.72 bits per heavy atom. The highest BCUT2D eigenvalue weighted by molar-refractivity contribution is 5.81. The van der Waals surface area contributed by atoms with Crippen LogP contribution in [0.15, 0.2) is 42.5 Å². The van der Waals surface area contributed by atoms with Crippen LogP contribution in [0.5, 0.6) is 0 Å². The minimum Gasteiger partial charge on any atom is -0.376 e. The Morgan fingerprint density at radius 1 is 0.920 bits per heavy atom. The van der Waals surface area contributed by atoms with Crippen LogP contribution >= 0.6 is 0 Å². The van der Waals surface area contributed by atoms with E-state index in [1.54, 1.807) is 0 Å². The number of amides is 1. The van der Waals surface area contributed by atoms with Crippen LogP contribution < -0.4 is 10.6 Å². The highest BCUT2D eigenvalue weighted by Gasteiger charge is 2.21. The van der Waals surface area contributed by atoms with E-state index in [2.05, 4.69) is 53.1 Å². The number of aryl methyl sites for hydroxylation is 2. The van der Waals surface area contributed by atoms with E-state index < -0.39 is 0 Å². The number of carbonyl (C=O) groups excluding carboxylic acids is 1. The number of carbonyl (C=O) groups is 1. The van der Waals surface area contributed by atoms with Crippen molar-refractivity contribution in [3.05, 3.63) is 64.7 Å². The molecule has 2 aliphatic rings. The zero-order valence-corrected chi connectivity index (χ0v) is 14.7. The molecule has 4 rings (SSSR count). The zero-order chi connectivity index (χ0) is 17.1. The van der Waals surface area contributed by atoms with Crippen molar-refractivity contribution in [2.24, 2.45) is 0 Å². The molecule has 2 N–H and O–H groups in total. The maximum Gasteiger partial charge on any atom is 0.239 e. The lowest BCUT2D eigenvalue weighted by Crippen LogP contribution is -2.35. The van der Waals surface area contributed by atoms with E-state index in [-0.39, 0.29) is 11.9 Å². The lowest BCUT2D eigenvalue weighted by Gasteiger charge is -2.26. The molecule has 2 aromatic carbocycles. The number of anilines is 1. The van der Waals surface area contributed by atoms with Crippen LogP contribution in [0, 0.1) is 0 Å². The van der Waals surface area contributed by atoms with Gasteiger partial charge in [-0.2, -0.15) is 0 Å². The summed E-state index contributed by atoms with van der Waals surface area (Å²) in [6.07, 6.45) is 8.10. The fourth-order valence-corrected chi connectivity index (χ4v) is 4.27. The summed E-state index contributed by atoms with van der Waals surface area (Å²) < 4.78 is 0. The number of hydrogen-bond donors (Lipinski definition) is 2. The van der Waals surface area contributed by atoms with Crippen molar-refractivity contribution in [3.8, 4) is 0 Å². The van der Waals surface area contributed by atoms with Crippen LogP contribution in [-0.2, 0) is 24.1 Å².